The summed E-state index contributed by atoms with van der Waals surface area (Å²) in [6, 6.07) is 7.88. The van der Waals surface area contributed by atoms with Gasteiger partial charge < -0.3 is 20.1 Å². The van der Waals surface area contributed by atoms with Crippen LogP contribution >= 0.6 is 0 Å². The van der Waals surface area contributed by atoms with Crippen LogP contribution in [0.1, 0.15) is 31.1 Å². The van der Waals surface area contributed by atoms with Gasteiger partial charge in [-0.25, -0.2) is 0 Å². The van der Waals surface area contributed by atoms with E-state index in [1.54, 1.807) is 18.2 Å². The molecular weight excluding hydrogens is 316 g/mol. The molecule has 0 saturated carbocycles. The van der Waals surface area contributed by atoms with Crippen molar-refractivity contribution >= 4 is 17.3 Å². The Bertz CT molecular complexity index is 671. The van der Waals surface area contributed by atoms with Crippen molar-refractivity contribution in [2.45, 2.75) is 44.4 Å². The number of aliphatic hydroxyl groups is 3. The summed E-state index contributed by atoms with van der Waals surface area (Å²) in [6.45, 7) is 3.28. The van der Waals surface area contributed by atoms with E-state index in [1.807, 2.05) is 0 Å². The molecule has 1 aliphatic rings. The van der Waals surface area contributed by atoms with Gasteiger partial charge in [0, 0.05) is 18.4 Å². The third kappa shape index (κ3) is 2.50. The Balaban J connectivity index is 2.41. The first kappa shape index (κ1) is 18.4. The number of ether oxygens (including phenoxy) is 1. The van der Waals surface area contributed by atoms with Crippen molar-refractivity contribution in [1.82, 2.24) is 0 Å². The summed E-state index contributed by atoms with van der Waals surface area (Å²) in [5, 5.41) is 31.4. The molecule has 7 heteroatoms. The zero-order chi connectivity index (χ0) is 18.3. The van der Waals surface area contributed by atoms with Crippen LogP contribution in [0, 0.1) is 5.92 Å². The highest BCUT2D eigenvalue weighted by molar-refractivity contribution is 6.01. The van der Waals surface area contributed by atoms with Crippen LogP contribution in [0.2, 0.25) is 0 Å². The highest BCUT2D eigenvalue weighted by Crippen LogP contribution is 2.45. The second kappa shape index (κ2) is 6.18. The summed E-state index contributed by atoms with van der Waals surface area (Å²) in [6.07, 6.45) is -3.19. The lowest BCUT2D eigenvalue weighted by Crippen LogP contribution is -2.62. The second-order valence-corrected chi connectivity index (χ2v) is 6.07. The molecule has 1 fully saturated rings. The minimum atomic E-state index is -2.82. The fourth-order valence-electron chi connectivity index (χ4n) is 3.11. The Morgan fingerprint density at radius 3 is 2.04 bits per heavy atom. The largest absolute Gasteiger partial charge is 0.382 e. The first-order valence-corrected chi connectivity index (χ1v) is 7.49. The van der Waals surface area contributed by atoms with Crippen LogP contribution in [0.3, 0.4) is 0 Å². The van der Waals surface area contributed by atoms with Crippen LogP contribution in [0.5, 0.6) is 0 Å². The molecule has 130 valence electrons. The number of carbonyl (C=O) groups excluding carboxylic acids is 3. The molecule has 0 spiro atoms. The van der Waals surface area contributed by atoms with Gasteiger partial charge in [-0.1, -0.05) is 37.3 Å². The van der Waals surface area contributed by atoms with E-state index in [4.69, 9.17) is 4.74 Å². The molecule has 0 aliphatic carbocycles. The summed E-state index contributed by atoms with van der Waals surface area (Å²) >= 11 is 0. The fraction of sp³-hybridized carbons (Fsp3) is 0.471. The van der Waals surface area contributed by atoms with Crippen molar-refractivity contribution in [3.05, 3.63) is 35.9 Å². The third-order valence-electron chi connectivity index (χ3n) is 4.63. The van der Waals surface area contributed by atoms with Gasteiger partial charge in [0.15, 0.2) is 23.0 Å². The predicted molar refractivity (Wildman–Crippen MR) is 82.1 cm³/mol. The topological polar surface area (TPSA) is 121 Å². The Morgan fingerprint density at radius 1 is 1.08 bits per heavy atom. The van der Waals surface area contributed by atoms with E-state index in [-0.39, 0.29) is 5.56 Å². The normalized spacial score (nSPS) is 33.9. The molecule has 2 rings (SSSR count). The van der Waals surface area contributed by atoms with Crippen LogP contribution in [-0.4, -0.2) is 56.3 Å². The van der Waals surface area contributed by atoms with E-state index in [0.717, 1.165) is 13.8 Å². The van der Waals surface area contributed by atoms with Gasteiger partial charge in [0.05, 0.1) is 0 Å². The van der Waals surface area contributed by atoms with Crippen LogP contribution in [0.25, 0.3) is 0 Å². The van der Waals surface area contributed by atoms with Crippen LogP contribution in [0.15, 0.2) is 30.3 Å². The van der Waals surface area contributed by atoms with Crippen LogP contribution in [0.4, 0.5) is 0 Å². The zero-order valence-electron chi connectivity index (χ0n) is 13.6. The summed E-state index contributed by atoms with van der Waals surface area (Å²) in [4.78, 5) is 36.1. The summed E-state index contributed by atoms with van der Waals surface area (Å²) in [5.74, 6) is -6.60. The molecule has 24 heavy (non-hydrogen) atoms. The van der Waals surface area contributed by atoms with Gasteiger partial charge >= 0.3 is 0 Å². The first-order valence-electron chi connectivity index (χ1n) is 7.49. The van der Waals surface area contributed by atoms with E-state index in [1.165, 1.54) is 19.1 Å². The van der Waals surface area contributed by atoms with Crippen LogP contribution < -0.4 is 0 Å². The fourth-order valence-corrected chi connectivity index (χ4v) is 3.11. The van der Waals surface area contributed by atoms with E-state index < -0.39 is 46.9 Å². The molecule has 1 aromatic rings. The van der Waals surface area contributed by atoms with Crippen molar-refractivity contribution < 1.29 is 34.4 Å². The molecule has 5 atom stereocenters. The Kier molecular flexibility index (Phi) is 4.74. The summed E-state index contributed by atoms with van der Waals surface area (Å²) in [7, 11) is 0. The molecule has 1 heterocycles. The quantitative estimate of drug-likeness (QED) is 0.640. The van der Waals surface area contributed by atoms with Gasteiger partial charge in [-0.15, -0.1) is 0 Å². The number of hydrogen-bond acceptors (Lipinski definition) is 7. The predicted octanol–water partition coefficient (Wildman–Crippen LogP) is -0.137. The number of rotatable bonds is 5. The number of carbonyl (C=O) groups is 3. The highest BCUT2D eigenvalue weighted by atomic mass is 16.7. The van der Waals surface area contributed by atoms with E-state index >= 15 is 0 Å². The molecule has 1 unspecified atom stereocenters. The first-order chi connectivity index (χ1) is 11.1. The Morgan fingerprint density at radius 2 is 1.62 bits per heavy atom. The molecule has 1 aromatic carbocycles. The number of aliphatic hydroxyl groups excluding tert-OH is 1. The number of Topliss-reactive ketones (excluding diaryl/α,β-unsaturated/α-hetero) is 3. The van der Waals surface area contributed by atoms with Crippen molar-refractivity contribution in [3.63, 3.8) is 0 Å². The lowest BCUT2D eigenvalue weighted by Gasteiger charge is -2.34. The van der Waals surface area contributed by atoms with Crippen molar-refractivity contribution in [3.8, 4) is 0 Å². The van der Waals surface area contributed by atoms with Gasteiger partial charge in [0.25, 0.3) is 5.79 Å². The standard InChI is InChI=1S/C17H20O7/c1-9-15(14(21)13(20)12-7-5-4-6-8-12)24-17(23,11(3)19)16(9,22)10(2)18/h4-9,14-15,21-23H,1-3H3/t9-,14?,15+,16+,17+/m1/s1. The molecule has 0 radical (unpaired) electrons. The molecule has 0 bridgehead atoms. The van der Waals surface area contributed by atoms with Crippen molar-refractivity contribution in [2.24, 2.45) is 5.92 Å². The molecule has 3 N–H and O–H groups in total. The lowest BCUT2D eigenvalue weighted by atomic mass is 9.76. The maximum atomic E-state index is 12.4. The number of benzene rings is 1. The van der Waals surface area contributed by atoms with Gasteiger partial charge in [-0.3, -0.25) is 14.4 Å². The molecular formula is C17H20O7. The number of ketones is 3. The third-order valence-corrected chi connectivity index (χ3v) is 4.63. The lowest BCUT2D eigenvalue weighted by molar-refractivity contribution is -0.246. The van der Waals surface area contributed by atoms with E-state index in [2.05, 4.69) is 0 Å². The molecule has 1 aliphatic heterocycles. The monoisotopic (exact) mass is 336 g/mol. The Labute approximate surface area is 138 Å². The van der Waals surface area contributed by atoms with Crippen LogP contribution in [-0.2, 0) is 14.3 Å². The highest BCUT2D eigenvalue weighted by Gasteiger charge is 2.70. The Hall–Kier alpha value is -1.93. The van der Waals surface area contributed by atoms with Gasteiger partial charge in [-0.2, -0.15) is 0 Å². The molecule has 0 amide bonds. The second-order valence-electron chi connectivity index (χ2n) is 6.07. The van der Waals surface area contributed by atoms with Gasteiger partial charge in [-0.05, 0) is 6.92 Å². The van der Waals surface area contributed by atoms with Gasteiger partial charge in [0.2, 0.25) is 0 Å². The average molecular weight is 336 g/mol. The van der Waals surface area contributed by atoms with Crippen molar-refractivity contribution in [2.75, 3.05) is 0 Å². The van der Waals surface area contributed by atoms with E-state index in [9.17, 15) is 29.7 Å². The molecule has 1 saturated heterocycles. The van der Waals surface area contributed by atoms with Gasteiger partial charge in [0.1, 0.15) is 12.2 Å². The summed E-state index contributed by atoms with van der Waals surface area (Å²) in [5.41, 5.74) is -2.35. The SMILES string of the molecule is CC(=O)[C@]1(O)O[C@H](C(O)C(=O)c2ccccc2)[C@@H](C)[C@]1(O)C(C)=O. The maximum Gasteiger partial charge on any atom is 0.264 e. The molecule has 7 nitrogen and oxygen atoms in total. The minimum absolute atomic E-state index is 0.199. The molecule has 0 aromatic heterocycles. The van der Waals surface area contributed by atoms with Crippen molar-refractivity contribution in [1.29, 1.82) is 0 Å². The summed E-state index contributed by atoms with van der Waals surface area (Å²) < 4.78 is 5.17. The smallest absolute Gasteiger partial charge is 0.264 e. The average Bonchev–Trinajstić information content (AvgIpc) is 2.77. The van der Waals surface area contributed by atoms with E-state index in [0.29, 0.717) is 0 Å². The number of hydrogen-bond donors (Lipinski definition) is 3. The maximum absolute atomic E-state index is 12.4. The zero-order valence-corrected chi connectivity index (χ0v) is 13.6. The minimum Gasteiger partial charge on any atom is -0.382 e.